The first-order chi connectivity index (χ1) is 16.5. The van der Waals surface area contributed by atoms with Crippen LogP contribution in [-0.4, -0.2) is 52.9 Å². The highest BCUT2D eigenvalue weighted by atomic mass is 19.1. The highest BCUT2D eigenvalue weighted by Crippen LogP contribution is 2.38. The Labute approximate surface area is 203 Å². The molecule has 0 spiro atoms. The molecule has 1 saturated carbocycles. The van der Waals surface area contributed by atoms with E-state index in [0.29, 0.717) is 17.9 Å². The normalized spacial score (nSPS) is 23.8. The monoisotopic (exact) mass is 463 g/mol. The average molecular weight is 464 g/mol. The molecular weight excluding hydrogens is 425 g/mol. The molecule has 1 aliphatic carbocycles. The molecule has 0 N–H and O–H groups in total. The van der Waals surface area contributed by atoms with Crippen LogP contribution in [0, 0.1) is 11.2 Å². The number of halogens is 1. The molecule has 3 fully saturated rings. The van der Waals surface area contributed by atoms with Crippen LogP contribution in [0.15, 0.2) is 42.5 Å². The van der Waals surface area contributed by atoms with Gasteiger partial charge >= 0.3 is 0 Å². The van der Waals surface area contributed by atoms with Crippen LogP contribution in [0.5, 0.6) is 0 Å². The quantitative estimate of drug-likeness (QED) is 0.582. The largest absolute Gasteiger partial charge is 0.342 e. The van der Waals surface area contributed by atoms with E-state index in [-0.39, 0.29) is 17.2 Å². The van der Waals surface area contributed by atoms with Gasteiger partial charge in [0.05, 0.1) is 0 Å². The van der Waals surface area contributed by atoms with Gasteiger partial charge in [0.25, 0.3) is 0 Å². The predicted octanol–water partition coefficient (Wildman–Crippen LogP) is 5.56. The molecular formula is C29H38FN3O. The summed E-state index contributed by atoms with van der Waals surface area (Å²) in [7, 11) is 0. The van der Waals surface area contributed by atoms with Crippen LogP contribution in [-0.2, 0) is 11.2 Å². The summed E-state index contributed by atoms with van der Waals surface area (Å²) in [6.07, 6.45) is 9.89. The van der Waals surface area contributed by atoms with Crippen LogP contribution < -0.4 is 0 Å². The van der Waals surface area contributed by atoms with E-state index in [1.165, 1.54) is 31.7 Å². The van der Waals surface area contributed by atoms with E-state index < -0.39 is 0 Å². The van der Waals surface area contributed by atoms with Crippen molar-refractivity contribution in [1.82, 2.24) is 14.8 Å². The molecule has 5 heteroatoms. The van der Waals surface area contributed by atoms with Crippen LogP contribution in [0.25, 0.3) is 0 Å². The van der Waals surface area contributed by atoms with Crippen molar-refractivity contribution >= 4 is 5.91 Å². The Morgan fingerprint density at radius 2 is 1.76 bits per heavy atom. The zero-order valence-electron chi connectivity index (χ0n) is 20.5. The minimum absolute atomic E-state index is 0.184. The molecule has 2 saturated heterocycles. The van der Waals surface area contributed by atoms with Crippen molar-refractivity contribution in [2.45, 2.75) is 76.7 Å². The van der Waals surface area contributed by atoms with Crippen LogP contribution in [0.2, 0.25) is 0 Å². The number of carbonyl (C=O) groups is 1. The first-order valence-electron chi connectivity index (χ1n) is 13.2. The Hall–Kier alpha value is -2.27. The van der Waals surface area contributed by atoms with Crippen molar-refractivity contribution in [2.24, 2.45) is 5.41 Å². The molecule has 0 unspecified atom stereocenters. The molecule has 1 atom stereocenters. The summed E-state index contributed by atoms with van der Waals surface area (Å²) < 4.78 is 14.1. The molecule has 0 radical (unpaired) electrons. The second-order valence-electron chi connectivity index (χ2n) is 10.9. The number of benzene rings is 1. The van der Waals surface area contributed by atoms with Crippen LogP contribution in [0.4, 0.5) is 4.39 Å². The van der Waals surface area contributed by atoms with Gasteiger partial charge in [-0.25, -0.2) is 4.39 Å². The molecule has 3 heterocycles. The molecule has 2 aliphatic heterocycles. The van der Waals surface area contributed by atoms with Crippen molar-refractivity contribution in [2.75, 3.05) is 26.2 Å². The molecule has 182 valence electrons. The number of piperidine rings is 2. The summed E-state index contributed by atoms with van der Waals surface area (Å²) in [6, 6.07) is 13.7. The lowest BCUT2D eigenvalue weighted by Gasteiger charge is -2.44. The fourth-order valence-corrected chi connectivity index (χ4v) is 6.31. The zero-order valence-corrected chi connectivity index (χ0v) is 20.5. The Bertz CT molecular complexity index is 994. The third-order valence-electron chi connectivity index (χ3n) is 8.54. The first kappa shape index (κ1) is 23.5. The molecule has 1 aromatic heterocycles. The van der Waals surface area contributed by atoms with Crippen molar-refractivity contribution in [1.29, 1.82) is 0 Å². The maximum Gasteiger partial charge on any atom is 0.228 e. The van der Waals surface area contributed by atoms with E-state index in [0.717, 1.165) is 69.3 Å². The Morgan fingerprint density at radius 3 is 2.53 bits per heavy atom. The van der Waals surface area contributed by atoms with E-state index in [9.17, 15) is 9.18 Å². The number of carbonyl (C=O) groups excluding carboxylic acids is 1. The number of amides is 1. The number of pyridine rings is 1. The van der Waals surface area contributed by atoms with Crippen LogP contribution >= 0.6 is 0 Å². The van der Waals surface area contributed by atoms with Gasteiger partial charge in [0, 0.05) is 48.3 Å². The van der Waals surface area contributed by atoms with Crippen molar-refractivity contribution in [3.8, 4) is 0 Å². The van der Waals surface area contributed by atoms with Crippen molar-refractivity contribution < 1.29 is 9.18 Å². The highest BCUT2D eigenvalue weighted by molar-refractivity contribution is 5.82. The van der Waals surface area contributed by atoms with Gasteiger partial charge < -0.3 is 9.80 Å². The Balaban J connectivity index is 1.22. The number of hydrogen-bond donors (Lipinski definition) is 0. The third-order valence-corrected chi connectivity index (χ3v) is 8.54. The van der Waals surface area contributed by atoms with Gasteiger partial charge in [-0.15, -0.1) is 0 Å². The van der Waals surface area contributed by atoms with Crippen molar-refractivity contribution in [3.05, 3.63) is 65.2 Å². The van der Waals surface area contributed by atoms with E-state index in [1.54, 1.807) is 6.07 Å². The van der Waals surface area contributed by atoms with Gasteiger partial charge in [0.1, 0.15) is 5.82 Å². The maximum absolute atomic E-state index is 14.1. The lowest BCUT2D eigenvalue weighted by atomic mass is 9.78. The Morgan fingerprint density at radius 1 is 1.00 bits per heavy atom. The summed E-state index contributed by atoms with van der Waals surface area (Å²) >= 11 is 0. The fourth-order valence-electron chi connectivity index (χ4n) is 6.31. The minimum Gasteiger partial charge on any atom is -0.342 e. The maximum atomic E-state index is 14.1. The van der Waals surface area contributed by atoms with E-state index in [4.69, 9.17) is 4.98 Å². The Kier molecular flexibility index (Phi) is 7.01. The average Bonchev–Trinajstić information content (AvgIpc) is 3.41. The van der Waals surface area contributed by atoms with Crippen molar-refractivity contribution in [3.63, 3.8) is 0 Å². The van der Waals surface area contributed by atoms with E-state index >= 15 is 0 Å². The molecule has 0 bridgehead atoms. The lowest BCUT2D eigenvalue weighted by molar-refractivity contribution is -0.145. The SMILES string of the molecule is CC1(C(=O)N2CCC[C@H](c3cccc(Cc4ccccc4F)n3)C2)CCN(C2CCCC2)CC1. The molecule has 3 aliphatic rings. The lowest BCUT2D eigenvalue weighted by Crippen LogP contribution is -2.52. The standard InChI is InChI=1S/C29H38FN3O/c1-29(15-18-32(19-16-29)25-11-3-4-12-25)28(34)33-17-7-9-23(21-33)27-14-6-10-24(31-27)20-22-8-2-5-13-26(22)30/h2,5-6,8,10,13-14,23,25H,3-4,7,9,11-12,15-21H2,1H3/t23-/m0/s1. The van der Waals surface area contributed by atoms with Gasteiger partial charge in [0.15, 0.2) is 0 Å². The van der Waals surface area contributed by atoms with E-state index in [2.05, 4.69) is 22.8 Å². The number of likely N-dealkylation sites (tertiary alicyclic amines) is 2. The number of hydrogen-bond acceptors (Lipinski definition) is 3. The number of aromatic nitrogens is 1. The van der Waals surface area contributed by atoms with Crippen LogP contribution in [0.3, 0.4) is 0 Å². The topological polar surface area (TPSA) is 36.4 Å². The number of nitrogens with zero attached hydrogens (tertiary/aromatic N) is 3. The van der Waals surface area contributed by atoms with Gasteiger partial charge in [-0.1, -0.05) is 44.0 Å². The van der Waals surface area contributed by atoms with Crippen LogP contribution in [0.1, 0.15) is 81.2 Å². The summed E-state index contributed by atoms with van der Waals surface area (Å²) in [5.74, 6) is 0.405. The molecule has 1 amide bonds. The second kappa shape index (κ2) is 10.2. The summed E-state index contributed by atoms with van der Waals surface area (Å²) in [5, 5.41) is 0. The third kappa shape index (κ3) is 5.05. The molecule has 5 rings (SSSR count). The van der Waals surface area contributed by atoms with Gasteiger partial charge in [0.2, 0.25) is 5.91 Å². The molecule has 2 aromatic rings. The number of rotatable bonds is 5. The van der Waals surface area contributed by atoms with E-state index in [1.807, 2.05) is 24.3 Å². The fraction of sp³-hybridized carbons (Fsp3) is 0.586. The molecule has 34 heavy (non-hydrogen) atoms. The smallest absolute Gasteiger partial charge is 0.228 e. The molecule has 1 aromatic carbocycles. The first-order valence-corrected chi connectivity index (χ1v) is 13.2. The second-order valence-corrected chi connectivity index (χ2v) is 10.9. The van der Waals surface area contributed by atoms with Gasteiger partial charge in [-0.3, -0.25) is 9.78 Å². The van der Waals surface area contributed by atoms with Gasteiger partial charge in [-0.2, -0.15) is 0 Å². The predicted molar refractivity (Wildman–Crippen MR) is 133 cm³/mol. The summed E-state index contributed by atoms with van der Waals surface area (Å²) in [4.78, 5) is 23.3. The minimum atomic E-state index is -0.239. The highest BCUT2D eigenvalue weighted by Gasteiger charge is 2.42. The summed E-state index contributed by atoms with van der Waals surface area (Å²) in [6.45, 7) is 5.91. The van der Waals surface area contributed by atoms with Gasteiger partial charge in [-0.05, 0) is 75.4 Å². The zero-order chi connectivity index (χ0) is 23.5. The molecule has 4 nitrogen and oxygen atoms in total. The summed E-state index contributed by atoms with van der Waals surface area (Å²) in [5.41, 5.74) is 2.35.